The molecule has 0 bridgehead atoms. The Kier molecular flexibility index (Phi) is 3.77. The monoisotopic (exact) mass is 286 g/mol. The molecule has 4 nitrogen and oxygen atoms in total. The summed E-state index contributed by atoms with van der Waals surface area (Å²) in [5.74, 6) is 0. The molecular formula is C15H14N2O2S. The van der Waals surface area contributed by atoms with E-state index in [0.29, 0.717) is 11.3 Å². The van der Waals surface area contributed by atoms with Gasteiger partial charge in [-0.2, -0.15) is 5.26 Å². The number of sulfonamides is 1. The molecule has 5 heteroatoms. The van der Waals surface area contributed by atoms with Crippen LogP contribution < -0.4 is 4.72 Å². The molecule has 0 heterocycles. The van der Waals surface area contributed by atoms with Crippen molar-refractivity contribution < 1.29 is 8.42 Å². The van der Waals surface area contributed by atoms with Crippen LogP contribution in [0.25, 0.3) is 0 Å². The van der Waals surface area contributed by atoms with E-state index in [4.69, 9.17) is 5.26 Å². The average molecular weight is 286 g/mol. The minimum Gasteiger partial charge on any atom is -0.280 e. The molecule has 2 rings (SSSR count). The van der Waals surface area contributed by atoms with Crippen LogP contribution in [0.4, 0.5) is 5.69 Å². The van der Waals surface area contributed by atoms with Crippen molar-refractivity contribution in [1.29, 1.82) is 5.26 Å². The summed E-state index contributed by atoms with van der Waals surface area (Å²) in [5.41, 5.74) is 2.93. The van der Waals surface area contributed by atoms with Crippen molar-refractivity contribution in [2.24, 2.45) is 0 Å². The Morgan fingerprint density at radius 3 is 2.45 bits per heavy atom. The van der Waals surface area contributed by atoms with Crippen molar-refractivity contribution in [2.75, 3.05) is 4.72 Å². The fraction of sp³-hybridized carbons (Fsp3) is 0.133. The van der Waals surface area contributed by atoms with Crippen molar-refractivity contribution in [3.8, 4) is 6.07 Å². The highest BCUT2D eigenvalue weighted by Crippen LogP contribution is 2.19. The first-order valence-electron chi connectivity index (χ1n) is 6.02. The lowest BCUT2D eigenvalue weighted by molar-refractivity contribution is 0.601. The van der Waals surface area contributed by atoms with Gasteiger partial charge in [-0.25, -0.2) is 8.42 Å². The van der Waals surface area contributed by atoms with Crippen molar-refractivity contribution in [3.05, 3.63) is 59.2 Å². The first kappa shape index (κ1) is 14.1. The maximum Gasteiger partial charge on any atom is 0.261 e. The Balaban J connectivity index is 2.35. The normalized spacial score (nSPS) is 10.8. The van der Waals surface area contributed by atoms with E-state index in [1.54, 1.807) is 24.3 Å². The van der Waals surface area contributed by atoms with Gasteiger partial charge >= 0.3 is 0 Å². The van der Waals surface area contributed by atoms with Gasteiger partial charge < -0.3 is 0 Å². The summed E-state index contributed by atoms with van der Waals surface area (Å²) < 4.78 is 27.0. The van der Waals surface area contributed by atoms with Crippen LogP contribution >= 0.6 is 0 Å². The van der Waals surface area contributed by atoms with Crippen LogP contribution in [0, 0.1) is 25.2 Å². The third kappa shape index (κ3) is 2.98. The van der Waals surface area contributed by atoms with E-state index in [-0.39, 0.29) is 4.90 Å². The van der Waals surface area contributed by atoms with E-state index >= 15 is 0 Å². The number of hydrogen-bond donors (Lipinski definition) is 1. The molecule has 0 aromatic heterocycles. The van der Waals surface area contributed by atoms with Crippen LogP contribution in [-0.4, -0.2) is 8.42 Å². The van der Waals surface area contributed by atoms with Gasteiger partial charge in [-0.1, -0.05) is 12.1 Å². The lowest BCUT2D eigenvalue weighted by Crippen LogP contribution is -2.13. The zero-order valence-electron chi connectivity index (χ0n) is 11.2. The molecule has 0 spiro atoms. The van der Waals surface area contributed by atoms with E-state index in [1.807, 2.05) is 26.0 Å². The third-order valence-electron chi connectivity index (χ3n) is 3.03. The number of hydrogen-bond acceptors (Lipinski definition) is 3. The number of aryl methyl sites for hydroxylation is 2. The van der Waals surface area contributed by atoms with Gasteiger partial charge in [0.25, 0.3) is 10.0 Å². The molecule has 1 N–H and O–H groups in total. The largest absolute Gasteiger partial charge is 0.280 e. The summed E-state index contributed by atoms with van der Waals surface area (Å²) >= 11 is 0. The van der Waals surface area contributed by atoms with Crippen LogP contribution in [0.5, 0.6) is 0 Å². The third-order valence-corrected chi connectivity index (χ3v) is 4.41. The van der Waals surface area contributed by atoms with Crippen LogP contribution in [0.3, 0.4) is 0 Å². The Hall–Kier alpha value is -2.32. The molecule has 0 unspecified atom stereocenters. The van der Waals surface area contributed by atoms with E-state index in [9.17, 15) is 8.42 Å². The Morgan fingerprint density at radius 2 is 1.80 bits per heavy atom. The molecule has 0 amide bonds. The van der Waals surface area contributed by atoms with E-state index in [0.717, 1.165) is 11.1 Å². The summed E-state index contributed by atoms with van der Waals surface area (Å²) in [6, 6.07) is 13.2. The van der Waals surface area contributed by atoms with Gasteiger partial charge in [-0.05, 0) is 55.3 Å². The zero-order valence-corrected chi connectivity index (χ0v) is 12.0. The topological polar surface area (TPSA) is 70.0 Å². The lowest BCUT2D eigenvalue weighted by Gasteiger charge is -2.10. The summed E-state index contributed by atoms with van der Waals surface area (Å²) in [6.07, 6.45) is 0. The Labute approximate surface area is 118 Å². The number of nitrogens with zero attached hydrogens (tertiary/aromatic N) is 1. The Bertz CT molecular complexity index is 790. The number of benzene rings is 2. The number of anilines is 1. The van der Waals surface area contributed by atoms with Gasteiger partial charge in [-0.15, -0.1) is 0 Å². The van der Waals surface area contributed by atoms with Crippen molar-refractivity contribution in [2.45, 2.75) is 18.7 Å². The van der Waals surface area contributed by atoms with Gasteiger partial charge in [0.15, 0.2) is 0 Å². The highest BCUT2D eigenvalue weighted by atomic mass is 32.2. The van der Waals surface area contributed by atoms with Gasteiger partial charge in [0, 0.05) is 5.69 Å². The van der Waals surface area contributed by atoms with Crippen LogP contribution in [0.15, 0.2) is 47.4 Å². The first-order chi connectivity index (χ1) is 9.42. The summed E-state index contributed by atoms with van der Waals surface area (Å²) in [7, 11) is -3.68. The van der Waals surface area contributed by atoms with Gasteiger partial charge in [0.1, 0.15) is 0 Å². The summed E-state index contributed by atoms with van der Waals surface area (Å²) in [6.45, 7) is 3.88. The minimum atomic E-state index is -3.68. The highest BCUT2D eigenvalue weighted by molar-refractivity contribution is 7.92. The fourth-order valence-corrected chi connectivity index (χ4v) is 2.85. The van der Waals surface area contributed by atoms with E-state index < -0.39 is 10.0 Å². The molecule has 2 aromatic carbocycles. The molecule has 102 valence electrons. The van der Waals surface area contributed by atoms with E-state index in [2.05, 4.69) is 4.72 Å². The average Bonchev–Trinajstić information content (AvgIpc) is 2.43. The minimum absolute atomic E-state index is 0.0785. The number of nitriles is 1. The molecule has 0 radical (unpaired) electrons. The molecule has 0 aliphatic heterocycles. The number of nitrogens with one attached hydrogen (secondary N) is 1. The standard InChI is InChI=1S/C15H14N2O2S/c1-11-6-7-14(8-12(11)2)17-20(18,19)15-5-3-4-13(9-15)10-16/h3-9,17H,1-2H3. The van der Waals surface area contributed by atoms with Crippen LogP contribution in [0.1, 0.15) is 16.7 Å². The molecule has 0 saturated heterocycles. The molecule has 0 fully saturated rings. The number of rotatable bonds is 3. The van der Waals surface area contributed by atoms with Gasteiger partial charge in [0.05, 0.1) is 16.5 Å². The first-order valence-corrected chi connectivity index (χ1v) is 7.51. The molecular weight excluding hydrogens is 272 g/mol. The SMILES string of the molecule is Cc1ccc(NS(=O)(=O)c2cccc(C#N)c2)cc1C. The van der Waals surface area contributed by atoms with Crippen LogP contribution in [-0.2, 0) is 10.0 Å². The predicted molar refractivity (Wildman–Crippen MR) is 77.9 cm³/mol. The molecule has 0 aliphatic rings. The van der Waals surface area contributed by atoms with E-state index in [1.165, 1.54) is 12.1 Å². The Morgan fingerprint density at radius 1 is 1.05 bits per heavy atom. The van der Waals surface area contributed by atoms with Crippen molar-refractivity contribution in [1.82, 2.24) is 0 Å². The second-order valence-electron chi connectivity index (χ2n) is 4.54. The zero-order chi connectivity index (χ0) is 14.8. The maximum atomic E-state index is 12.2. The molecule has 0 atom stereocenters. The van der Waals surface area contributed by atoms with Gasteiger partial charge in [0.2, 0.25) is 0 Å². The second kappa shape index (κ2) is 5.35. The quantitative estimate of drug-likeness (QED) is 0.943. The lowest BCUT2D eigenvalue weighted by atomic mass is 10.1. The highest BCUT2D eigenvalue weighted by Gasteiger charge is 2.14. The van der Waals surface area contributed by atoms with Gasteiger partial charge in [-0.3, -0.25) is 4.72 Å². The second-order valence-corrected chi connectivity index (χ2v) is 6.23. The summed E-state index contributed by atoms with van der Waals surface area (Å²) in [4.78, 5) is 0.0785. The fourth-order valence-electron chi connectivity index (χ4n) is 1.75. The maximum absolute atomic E-state index is 12.2. The molecule has 0 aliphatic carbocycles. The molecule has 20 heavy (non-hydrogen) atoms. The smallest absolute Gasteiger partial charge is 0.261 e. The molecule has 0 saturated carbocycles. The van der Waals surface area contributed by atoms with Crippen molar-refractivity contribution >= 4 is 15.7 Å². The molecule has 2 aromatic rings. The summed E-state index contributed by atoms with van der Waals surface area (Å²) in [5, 5.41) is 8.82. The predicted octanol–water partition coefficient (Wildman–Crippen LogP) is 2.98. The van der Waals surface area contributed by atoms with Crippen molar-refractivity contribution in [3.63, 3.8) is 0 Å². The van der Waals surface area contributed by atoms with Crippen LogP contribution in [0.2, 0.25) is 0 Å².